The third-order valence-electron chi connectivity index (χ3n) is 4.72. The van der Waals surface area contributed by atoms with E-state index in [0.717, 1.165) is 11.1 Å². The van der Waals surface area contributed by atoms with Crippen LogP contribution in [0.15, 0.2) is 53.7 Å². The Morgan fingerprint density at radius 1 is 1.19 bits per heavy atom. The van der Waals surface area contributed by atoms with E-state index < -0.39 is 11.8 Å². The van der Waals surface area contributed by atoms with Crippen molar-refractivity contribution in [3.8, 4) is 0 Å². The van der Waals surface area contributed by atoms with Gasteiger partial charge in [0.1, 0.15) is 12.4 Å². The Labute approximate surface area is 154 Å². The number of anilines is 1. The number of ether oxygens (including phenoxy) is 1. The molecule has 6 heteroatoms. The zero-order valence-electron chi connectivity index (χ0n) is 14.0. The SMILES string of the molecule is Cc1cccc(C2CC(=O)N(c3ccc(F)c(Cl)c3)C3=C2C(=O)OC3)c1. The first-order valence-corrected chi connectivity index (χ1v) is 8.58. The van der Waals surface area contributed by atoms with Crippen LogP contribution in [-0.4, -0.2) is 18.5 Å². The number of halogens is 2. The molecule has 4 rings (SSSR count). The molecule has 0 bridgehead atoms. The minimum absolute atomic E-state index is 0.0111. The molecule has 2 aromatic carbocycles. The fourth-order valence-electron chi connectivity index (χ4n) is 3.55. The van der Waals surface area contributed by atoms with Crippen LogP contribution in [0.3, 0.4) is 0 Å². The molecule has 132 valence electrons. The Bertz CT molecular complexity index is 969. The standard InChI is InChI=1S/C20H15ClFNO3/c1-11-3-2-4-12(7-11)14-9-18(24)23(17-10-26-20(25)19(14)17)13-5-6-16(22)15(21)8-13/h2-8,14H,9-10H2,1H3. The first-order chi connectivity index (χ1) is 12.5. The van der Waals surface area contributed by atoms with Crippen LogP contribution in [0.4, 0.5) is 10.1 Å². The van der Waals surface area contributed by atoms with Crippen molar-refractivity contribution in [3.63, 3.8) is 0 Å². The summed E-state index contributed by atoms with van der Waals surface area (Å²) in [6.07, 6.45) is 0.131. The molecular weight excluding hydrogens is 357 g/mol. The van der Waals surface area contributed by atoms with Gasteiger partial charge in [0.15, 0.2) is 0 Å². The highest BCUT2D eigenvalue weighted by Crippen LogP contribution is 2.42. The molecule has 0 spiro atoms. The van der Waals surface area contributed by atoms with Gasteiger partial charge in [-0.3, -0.25) is 9.69 Å². The summed E-state index contributed by atoms with van der Waals surface area (Å²) in [7, 11) is 0. The Morgan fingerprint density at radius 3 is 2.73 bits per heavy atom. The van der Waals surface area contributed by atoms with Crippen LogP contribution in [0.2, 0.25) is 5.02 Å². The maximum absolute atomic E-state index is 13.5. The summed E-state index contributed by atoms with van der Waals surface area (Å²) < 4.78 is 18.7. The maximum atomic E-state index is 13.5. The lowest BCUT2D eigenvalue weighted by atomic mass is 9.83. The molecule has 1 atom stereocenters. The average Bonchev–Trinajstić information content (AvgIpc) is 2.98. The molecule has 2 aromatic rings. The zero-order chi connectivity index (χ0) is 18.4. The Kier molecular flexibility index (Phi) is 4.04. The van der Waals surface area contributed by atoms with Gasteiger partial charge in [-0.1, -0.05) is 41.4 Å². The minimum atomic E-state index is -0.564. The van der Waals surface area contributed by atoms with E-state index in [-0.39, 0.29) is 29.9 Å². The first kappa shape index (κ1) is 16.8. The third-order valence-corrected chi connectivity index (χ3v) is 5.01. The number of rotatable bonds is 2. The Hall–Kier alpha value is -2.66. The van der Waals surface area contributed by atoms with Crippen molar-refractivity contribution in [1.29, 1.82) is 0 Å². The molecular formula is C20H15ClFNO3. The molecule has 0 saturated carbocycles. The van der Waals surface area contributed by atoms with Crippen molar-refractivity contribution in [3.05, 3.63) is 75.7 Å². The van der Waals surface area contributed by atoms with Crippen LogP contribution in [0.5, 0.6) is 0 Å². The number of esters is 1. The van der Waals surface area contributed by atoms with Crippen molar-refractivity contribution < 1.29 is 18.7 Å². The van der Waals surface area contributed by atoms with Crippen molar-refractivity contribution in [2.45, 2.75) is 19.3 Å². The zero-order valence-corrected chi connectivity index (χ0v) is 14.7. The molecule has 0 aromatic heterocycles. The lowest BCUT2D eigenvalue weighted by molar-refractivity contribution is -0.136. The van der Waals surface area contributed by atoms with Crippen molar-refractivity contribution >= 4 is 29.2 Å². The predicted octanol–water partition coefficient (Wildman–Crippen LogP) is 4.12. The van der Waals surface area contributed by atoms with Crippen LogP contribution in [0.25, 0.3) is 0 Å². The second-order valence-electron chi connectivity index (χ2n) is 6.43. The molecule has 2 aliphatic rings. The monoisotopic (exact) mass is 371 g/mol. The van der Waals surface area contributed by atoms with E-state index in [4.69, 9.17) is 16.3 Å². The van der Waals surface area contributed by atoms with Crippen LogP contribution in [0.1, 0.15) is 23.5 Å². The molecule has 1 amide bonds. The van der Waals surface area contributed by atoms with E-state index >= 15 is 0 Å². The van der Waals surface area contributed by atoms with E-state index in [1.165, 1.54) is 23.1 Å². The Morgan fingerprint density at radius 2 is 2.00 bits per heavy atom. The fourth-order valence-corrected chi connectivity index (χ4v) is 3.72. The van der Waals surface area contributed by atoms with Gasteiger partial charge in [-0.05, 0) is 30.7 Å². The summed E-state index contributed by atoms with van der Waals surface area (Å²) in [6.45, 7) is 1.97. The van der Waals surface area contributed by atoms with Gasteiger partial charge in [-0.15, -0.1) is 0 Å². The van der Waals surface area contributed by atoms with Gasteiger partial charge in [0.2, 0.25) is 5.91 Å². The van der Waals surface area contributed by atoms with Crippen LogP contribution in [0, 0.1) is 12.7 Å². The smallest absolute Gasteiger partial charge is 0.336 e. The number of carbonyl (C=O) groups excluding carboxylic acids is 2. The molecule has 4 nitrogen and oxygen atoms in total. The molecule has 2 heterocycles. The van der Waals surface area contributed by atoms with Gasteiger partial charge in [0.25, 0.3) is 0 Å². The summed E-state index contributed by atoms with van der Waals surface area (Å²) in [5.74, 6) is -1.52. The average molecular weight is 372 g/mol. The van der Waals surface area contributed by atoms with Gasteiger partial charge < -0.3 is 4.74 Å². The summed E-state index contributed by atoms with van der Waals surface area (Å²) >= 11 is 5.87. The quantitative estimate of drug-likeness (QED) is 0.746. The summed E-state index contributed by atoms with van der Waals surface area (Å²) in [5.41, 5.74) is 3.36. The van der Waals surface area contributed by atoms with E-state index in [2.05, 4.69) is 0 Å². The normalized spacial score (nSPS) is 19.7. The number of hydrogen-bond acceptors (Lipinski definition) is 3. The molecule has 0 saturated heterocycles. The van der Waals surface area contributed by atoms with E-state index in [9.17, 15) is 14.0 Å². The second-order valence-corrected chi connectivity index (χ2v) is 6.84. The Balaban J connectivity index is 1.84. The number of hydrogen-bond donors (Lipinski definition) is 0. The highest BCUT2D eigenvalue weighted by molar-refractivity contribution is 6.31. The number of cyclic esters (lactones) is 1. The number of aryl methyl sites for hydroxylation is 1. The highest BCUT2D eigenvalue weighted by Gasteiger charge is 2.43. The topological polar surface area (TPSA) is 46.6 Å². The highest BCUT2D eigenvalue weighted by atomic mass is 35.5. The van der Waals surface area contributed by atoms with Gasteiger partial charge in [0.05, 0.1) is 22.0 Å². The number of nitrogens with zero attached hydrogens (tertiary/aromatic N) is 1. The lowest BCUT2D eigenvalue weighted by Gasteiger charge is -2.32. The van der Waals surface area contributed by atoms with E-state index in [0.29, 0.717) is 17.0 Å². The van der Waals surface area contributed by atoms with Gasteiger partial charge in [0, 0.05) is 12.3 Å². The summed E-state index contributed by atoms with van der Waals surface area (Å²) in [4.78, 5) is 26.7. The lowest BCUT2D eigenvalue weighted by Crippen LogP contribution is -2.37. The largest absolute Gasteiger partial charge is 0.456 e. The van der Waals surface area contributed by atoms with Crippen molar-refractivity contribution in [1.82, 2.24) is 0 Å². The first-order valence-electron chi connectivity index (χ1n) is 8.20. The maximum Gasteiger partial charge on any atom is 0.336 e. The molecule has 0 fully saturated rings. The van der Waals surface area contributed by atoms with Gasteiger partial charge in [-0.25, -0.2) is 9.18 Å². The van der Waals surface area contributed by atoms with Gasteiger partial charge in [-0.2, -0.15) is 0 Å². The van der Waals surface area contributed by atoms with E-state index in [1.807, 2.05) is 31.2 Å². The number of carbonyl (C=O) groups is 2. The molecule has 0 aliphatic carbocycles. The third kappa shape index (κ3) is 2.69. The van der Waals surface area contributed by atoms with Crippen molar-refractivity contribution in [2.24, 2.45) is 0 Å². The van der Waals surface area contributed by atoms with Crippen LogP contribution in [-0.2, 0) is 14.3 Å². The molecule has 2 aliphatic heterocycles. The molecule has 0 N–H and O–H groups in total. The summed E-state index contributed by atoms with van der Waals surface area (Å²) in [5, 5.41) is -0.0801. The van der Waals surface area contributed by atoms with Crippen LogP contribution < -0.4 is 4.90 Å². The number of benzene rings is 2. The molecule has 26 heavy (non-hydrogen) atoms. The summed E-state index contributed by atoms with van der Waals surface area (Å²) in [6, 6.07) is 11.8. The predicted molar refractivity (Wildman–Crippen MR) is 95.4 cm³/mol. The number of amides is 1. The molecule has 0 radical (unpaired) electrons. The fraction of sp³-hybridized carbons (Fsp3) is 0.200. The van der Waals surface area contributed by atoms with Crippen molar-refractivity contribution in [2.75, 3.05) is 11.5 Å². The second kappa shape index (κ2) is 6.25. The van der Waals surface area contributed by atoms with Gasteiger partial charge >= 0.3 is 5.97 Å². The minimum Gasteiger partial charge on any atom is -0.456 e. The van der Waals surface area contributed by atoms with Crippen LogP contribution >= 0.6 is 11.6 Å². The molecule has 1 unspecified atom stereocenters. The van der Waals surface area contributed by atoms with E-state index in [1.54, 1.807) is 0 Å².